The average molecular weight is 2160 g/mol. The Morgan fingerprint density at radius 1 is 0.467 bits per heavy atom. The number of benzene rings is 2. The summed E-state index contributed by atoms with van der Waals surface area (Å²) in [6, 6.07) is 10.4. The molecule has 2 aromatic carbocycles. The number of epoxide rings is 1. The van der Waals surface area contributed by atoms with Crippen LogP contribution >= 0.6 is 11.6 Å². The second-order valence-corrected chi connectivity index (χ2v) is 38.4. The first-order valence-electron chi connectivity index (χ1n) is 53.4. The van der Waals surface area contributed by atoms with Crippen LogP contribution in [0.15, 0.2) is 54.6 Å². The number of ether oxygens (including phenoxy) is 27. The summed E-state index contributed by atoms with van der Waals surface area (Å²) >= 11 is 6.47. The van der Waals surface area contributed by atoms with Crippen LogP contribution in [0.25, 0.3) is 0 Å². The van der Waals surface area contributed by atoms with Gasteiger partial charge in [-0.05, 0) is 99.1 Å². The third kappa shape index (κ3) is 69.9. The van der Waals surface area contributed by atoms with E-state index in [0.717, 1.165) is 16.7 Å². The van der Waals surface area contributed by atoms with Gasteiger partial charge in [0.2, 0.25) is 29.5 Å². The Hall–Kier alpha value is -6.90. The molecule has 2 aliphatic heterocycles. The van der Waals surface area contributed by atoms with Gasteiger partial charge in [0.15, 0.2) is 11.9 Å². The zero-order chi connectivity index (χ0) is 109. The summed E-state index contributed by atoms with van der Waals surface area (Å²) in [5, 5.41) is 14.6. The first kappa shape index (κ1) is 135. The van der Waals surface area contributed by atoms with Crippen molar-refractivity contribution in [1.29, 1.82) is 0 Å². The number of Topliss-reactive ketones (excluding diaryl/α,β-unsaturated/α-hetero) is 2. The molecule has 2 aliphatic rings. The van der Waals surface area contributed by atoms with E-state index in [1.54, 1.807) is 40.0 Å². The molecule has 5 N–H and O–H groups in total. The van der Waals surface area contributed by atoms with Crippen molar-refractivity contribution in [3.8, 4) is 0 Å². The molecule has 150 heavy (non-hydrogen) atoms. The van der Waals surface area contributed by atoms with E-state index in [-0.39, 0.29) is 93.2 Å². The van der Waals surface area contributed by atoms with E-state index < -0.39 is 89.0 Å². The van der Waals surface area contributed by atoms with Crippen molar-refractivity contribution in [1.82, 2.24) is 26.6 Å². The molecular weight excluding hydrogens is 1980 g/mol. The summed E-state index contributed by atoms with van der Waals surface area (Å²) in [5.41, 5.74) is 1.43. The number of aryl methyl sites for hydroxylation is 2. The number of nitrogens with one attached hydrogen (secondary N) is 5. The molecule has 2 heterocycles. The largest absolute Gasteiger partial charge is 0.459 e. The SMILES string of the molecule is CNC(=O)CCCC(=O)N[C@H](C(=O)C[C@@H](CCCCNC(=O)CCOCCOCCOCCOCCOCCOCCOCCOCCOCCOCCOCCOCCOCCOCCOCCOCCOCCOCCOCCOCCOCCOCCOCCOC)C(=O)CCc1ccc([C@H]2O[C@@H]2[C@@H](C)[C@@H]2C/C=C/C(=O)N[C@H](Cc3ccc(C)c(Cl)c3)C(=O)N[C@@H](C)C(C)(C)C(=O)O[C@@H](CC(C)(C)C)C(=O)O2)cc1)C(C)C. The number of halogens is 1. The Morgan fingerprint density at radius 3 is 1.23 bits per heavy atom. The Morgan fingerprint density at radius 2 is 0.853 bits per heavy atom. The van der Waals surface area contributed by atoms with Gasteiger partial charge in [-0.25, -0.2) is 4.79 Å². The van der Waals surface area contributed by atoms with Crippen LogP contribution < -0.4 is 26.6 Å². The number of carbonyl (C=O) groups is 9. The Bertz CT molecular complexity index is 3850. The maximum absolute atomic E-state index is 14.4. The zero-order valence-electron chi connectivity index (χ0n) is 91.7. The molecular formula is C108H182ClN5O36. The van der Waals surface area contributed by atoms with Gasteiger partial charge in [0.25, 0.3) is 0 Å². The number of unbranched alkanes of at least 4 members (excludes halogenated alkanes) is 1. The molecule has 0 bridgehead atoms. The van der Waals surface area contributed by atoms with Crippen molar-refractivity contribution in [2.75, 3.05) is 331 Å². The zero-order valence-corrected chi connectivity index (χ0v) is 92.4. The minimum absolute atomic E-state index is 0.0517. The molecule has 862 valence electrons. The number of carbonyl (C=O) groups excluding carboxylic acids is 9. The number of ketones is 2. The van der Waals surface area contributed by atoms with Crippen molar-refractivity contribution in [3.63, 3.8) is 0 Å². The van der Waals surface area contributed by atoms with Gasteiger partial charge < -0.3 is 154 Å². The highest BCUT2D eigenvalue weighted by Crippen LogP contribution is 2.46. The fourth-order valence-corrected chi connectivity index (χ4v) is 14.8. The lowest BCUT2D eigenvalue weighted by atomic mass is 9.84. The lowest BCUT2D eigenvalue weighted by molar-refractivity contribution is -0.181. The van der Waals surface area contributed by atoms with Crippen LogP contribution in [0.3, 0.4) is 0 Å². The topological polar surface area (TPSA) is 466 Å². The molecule has 0 aromatic heterocycles. The van der Waals surface area contributed by atoms with Gasteiger partial charge in [-0.3, -0.25) is 38.4 Å². The van der Waals surface area contributed by atoms with E-state index in [2.05, 4.69) is 26.6 Å². The molecule has 0 unspecified atom stereocenters. The maximum Gasteiger partial charge on any atom is 0.347 e. The summed E-state index contributed by atoms with van der Waals surface area (Å²) in [7, 11) is 3.16. The molecule has 41 nitrogen and oxygen atoms in total. The van der Waals surface area contributed by atoms with Crippen LogP contribution in [0, 0.1) is 35.5 Å². The van der Waals surface area contributed by atoms with Crippen molar-refractivity contribution in [2.24, 2.45) is 28.6 Å². The van der Waals surface area contributed by atoms with Crippen LogP contribution in [0.2, 0.25) is 5.02 Å². The van der Waals surface area contributed by atoms with Crippen molar-refractivity contribution < 1.29 is 171 Å². The summed E-state index contributed by atoms with van der Waals surface area (Å²) in [4.78, 5) is 123. The number of esters is 2. The first-order chi connectivity index (χ1) is 72.6. The van der Waals surface area contributed by atoms with E-state index in [0.29, 0.717) is 353 Å². The Kier molecular flexibility index (Phi) is 79.6. The quantitative estimate of drug-likeness (QED) is 0.0237. The highest BCUT2D eigenvalue weighted by Gasteiger charge is 2.49. The molecule has 2 aromatic rings. The van der Waals surface area contributed by atoms with Gasteiger partial charge in [-0.15, -0.1) is 0 Å². The first-order valence-corrected chi connectivity index (χ1v) is 53.8. The smallest absolute Gasteiger partial charge is 0.347 e. The standard InChI is InChI=1S/C108H182ClN5O36/c1-83(2)101(114-100(120)21-16-19-97(117)110-11)94(116)81-90(93(115)29-26-87-24-27-89(28-25-87)103-102(150-103)85(4)95-18-15-20-99(119)113-92(80-88-23-22-84(3)91(109)79-88)104(121)112-86(5)108(9,10)106(123)149-96(105(122)148-95)82-107(6,7)8)17-13-14-31-111-98(118)30-32-125-35-36-127-39-40-129-43-44-131-47-48-133-51-52-135-55-56-137-59-60-139-63-64-141-67-68-143-71-72-145-75-76-147-78-77-146-74-73-144-70-69-142-66-65-140-62-61-138-58-57-136-54-53-134-50-49-132-46-45-130-42-41-128-38-37-126-34-33-124-12/h15,20,22-25,27-28,79,83,85-86,90,92,95-96,101-103H,13-14,16-19,21,26,29-78,80-82H2,1-12H3,(H,110,117)(H,111,118)(H,112,121)(H,113,119)(H,114,120)/b20-15+/t85-,86-,90+,92+,95-,96-,101-,102+,103+/m0/s1. The van der Waals surface area contributed by atoms with Gasteiger partial charge >= 0.3 is 11.9 Å². The summed E-state index contributed by atoms with van der Waals surface area (Å²) < 4.78 is 151. The summed E-state index contributed by atoms with van der Waals surface area (Å²) in [6.07, 6.45) is 2.69. The van der Waals surface area contributed by atoms with E-state index in [9.17, 15) is 43.2 Å². The molecule has 5 amide bonds. The fraction of sp³-hybridized carbons (Fsp3) is 0.787. The lowest BCUT2D eigenvalue weighted by Gasteiger charge is -2.34. The van der Waals surface area contributed by atoms with Gasteiger partial charge in [0, 0.05) is 95.0 Å². The summed E-state index contributed by atoms with van der Waals surface area (Å²) in [6.45, 7) is 39.7. The fourth-order valence-electron chi connectivity index (χ4n) is 14.6. The van der Waals surface area contributed by atoms with E-state index in [1.165, 1.54) is 13.1 Å². The van der Waals surface area contributed by atoms with Crippen molar-refractivity contribution >= 4 is 64.6 Å². The van der Waals surface area contributed by atoms with E-state index >= 15 is 0 Å². The average Bonchev–Trinajstić information content (AvgIpc) is 1.62. The second-order valence-electron chi connectivity index (χ2n) is 38.0. The predicted molar refractivity (Wildman–Crippen MR) is 557 cm³/mol. The highest BCUT2D eigenvalue weighted by molar-refractivity contribution is 6.31. The van der Waals surface area contributed by atoms with E-state index in [4.69, 9.17) is 139 Å². The molecule has 9 atom stereocenters. The molecule has 0 spiro atoms. The molecule has 42 heteroatoms. The maximum atomic E-state index is 14.4. The van der Waals surface area contributed by atoms with Crippen LogP contribution in [0.1, 0.15) is 161 Å². The van der Waals surface area contributed by atoms with Gasteiger partial charge in [-0.2, -0.15) is 0 Å². The number of cyclic esters (lactones) is 2. The highest BCUT2D eigenvalue weighted by atomic mass is 35.5. The number of hydrogen-bond donors (Lipinski definition) is 5. The number of methoxy groups -OCH3 is 1. The minimum Gasteiger partial charge on any atom is -0.459 e. The van der Waals surface area contributed by atoms with Crippen molar-refractivity contribution in [2.45, 2.75) is 195 Å². The molecule has 0 saturated carbocycles. The van der Waals surface area contributed by atoms with Crippen LogP contribution in [0.5, 0.6) is 0 Å². The van der Waals surface area contributed by atoms with E-state index in [1.807, 2.05) is 84.9 Å². The molecule has 4 rings (SSSR count). The molecule has 0 radical (unpaired) electrons. The minimum atomic E-state index is -1.34. The molecule has 0 aliphatic carbocycles. The van der Waals surface area contributed by atoms with Crippen LogP contribution in [0.4, 0.5) is 0 Å². The normalized spacial score (nSPS) is 17.5. The van der Waals surface area contributed by atoms with Crippen LogP contribution in [-0.2, 0) is 184 Å². The number of hydrogen-bond acceptors (Lipinski definition) is 36. The predicted octanol–water partition coefficient (Wildman–Crippen LogP) is 8.04. The Balaban J connectivity index is 0.943. The molecule has 1 fully saturated rings. The lowest BCUT2D eigenvalue weighted by Crippen LogP contribution is -2.55. The number of amides is 5. The van der Waals surface area contributed by atoms with Crippen molar-refractivity contribution in [3.05, 3.63) is 81.9 Å². The second kappa shape index (κ2) is 88.2. The van der Waals surface area contributed by atoms with Gasteiger partial charge in [0.1, 0.15) is 24.0 Å². The third-order valence-corrected chi connectivity index (χ3v) is 24.2. The van der Waals surface area contributed by atoms with Crippen LogP contribution in [-0.4, -0.2) is 421 Å². The third-order valence-electron chi connectivity index (χ3n) is 23.8. The Labute approximate surface area is 894 Å². The molecule has 1 saturated heterocycles. The van der Waals surface area contributed by atoms with Gasteiger partial charge in [0.05, 0.1) is 328 Å². The number of rotatable bonds is 96. The summed E-state index contributed by atoms with van der Waals surface area (Å²) in [5.74, 6) is -5.10. The van der Waals surface area contributed by atoms with Gasteiger partial charge in [-0.1, -0.05) is 102 Å². The monoisotopic (exact) mass is 2160 g/mol.